The molecule has 4 nitrogen and oxygen atoms in total. The van der Waals surface area contributed by atoms with Crippen molar-refractivity contribution >= 4 is 27.5 Å². The van der Waals surface area contributed by atoms with Crippen LogP contribution in [0.3, 0.4) is 0 Å². The molecule has 0 radical (unpaired) electrons. The van der Waals surface area contributed by atoms with E-state index in [0.717, 1.165) is 55.2 Å². The molecule has 2 bridgehead atoms. The quantitative estimate of drug-likeness (QED) is 0.773. The fraction of sp³-hybridized carbons (Fsp3) is 0.667. The molecular formula is C21H29BrN2O2. The Bertz CT molecular complexity index is 685. The van der Waals surface area contributed by atoms with Gasteiger partial charge in [-0.25, -0.2) is 0 Å². The van der Waals surface area contributed by atoms with Crippen LogP contribution in [-0.4, -0.2) is 28.7 Å². The van der Waals surface area contributed by atoms with E-state index in [1.54, 1.807) is 0 Å². The van der Waals surface area contributed by atoms with Crippen molar-refractivity contribution in [1.29, 1.82) is 0 Å². The molecule has 0 aliphatic heterocycles. The Morgan fingerprint density at radius 1 is 1.23 bits per heavy atom. The van der Waals surface area contributed by atoms with Gasteiger partial charge in [0.1, 0.15) is 0 Å². The van der Waals surface area contributed by atoms with E-state index in [1.807, 2.05) is 36.1 Å². The van der Waals surface area contributed by atoms with E-state index >= 15 is 0 Å². The SMILES string of the molecule is CC1(O)CC(C(=O)N(CC23CCC(N)(CC2)CC3)c2cccc(Br)c2)C1. The summed E-state index contributed by atoms with van der Waals surface area (Å²) < 4.78 is 0.985. The van der Waals surface area contributed by atoms with Gasteiger partial charge in [-0.3, -0.25) is 4.79 Å². The zero-order chi connectivity index (χ0) is 18.6. The van der Waals surface area contributed by atoms with Gasteiger partial charge in [-0.2, -0.15) is 0 Å². The highest BCUT2D eigenvalue weighted by Gasteiger charge is 2.49. The van der Waals surface area contributed by atoms with E-state index in [1.165, 1.54) is 0 Å². The maximum atomic E-state index is 13.3. The monoisotopic (exact) mass is 420 g/mol. The molecule has 0 spiro atoms. The third-order valence-electron chi connectivity index (χ3n) is 7.06. The molecule has 4 fully saturated rings. The summed E-state index contributed by atoms with van der Waals surface area (Å²) in [5.74, 6) is 0.0975. The molecule has 0 atom stereocenters. The largest absolute Gasteiger partial charge is 0.390 e. The van der Waals surface area contributed by atoms with Gasteiger partial charge >= 0.3 is 0 Å². The molecule has 26 heavy (non-hydrogen) atoms. The number of carbonyl (C=O) groups is 1. The number of amides is 1. The molecule has 0 heterocycles. The van der Waals surface area contributed by atoms with Crippen LogP contribution in [0, 0.1) is 11.3 Å². The summed E-state index contributed by atoms with van der Waals surface area (Å²) in [5.41, 5.74) is 6.99. The lowest BCUT2D eigenvalue weighted by Gasteiger charge is -2.53. The van der Waals surface area contributed by atoms with Crippen LogP contribution >= 0.6 is 15.9 Å². The van der Waals surface area contributed by atoms with Gasteiger partial charge in [0.2, 0.25) is 5.91 Å². The van der Waals surface area contributed by atoms with Crippen LogP contribution in [0.25, 0.3) is 0 Å². The summed E-state index contributed by atoms with van der Waals surface area (Å²) in [6, 6.07) is 8.03. The van der Waals surface area contributed by atoms with E-state index in [2.05, 4.69) is 15.9 Å². The first-order valence-corrected chi connectivity index (χ1v) is 10.6. The van der Waals surface area contributed by atoms with Gasteiger partial charge in [0.25, 0.3) is 0 Å². The number of nitrogens with zero attached hydrogens (tertiary/aromatic N) is 1. The molecule has 5 rings (SSSR count). The summed E-state index contributed by atoms with van der Waals surface area (Å²) >= 11 is 3.54. The lowest BCUT2D eigenvalue weighted by Crippen LogP contribution is -2.57. The lowest BCUT2D eigenvalue weighted by atomic mass is 9.57. The molecule has 5 heteroatoms. The highest BCUT2D eigenvalue weighted by molar-refractivity contribution is 9.10. The standard InChI is InChI=1S/C21H29BrN2O2/c1-19(26)12-15(13-19)18(25)24(17-4-2-3-16(22)11-17)14-20-5-8-21(23,9-6-20)10-7-20/h2-4,11,15,26H,5-10,12-14,23H2,1H3. The molecular weight excluding hydrogens is 392 g/mol. The number of halogens is 1. The number of hydrogen-bond donors (Lipinski definition) is 2. The minimum Gasteiger partial charge on any atom is -0.390 e. The highest BCUT2D eigenvalue weighted by atomic mass is 79.9. The minimum absolute atomic E-state index is 0.0407. The van der Waals surface area contributed by atoms with E-state index in [9.17, 15) is 9.90 Å². The van der Waals surface area contributed by atoms with Crippen molar-refractivity contribution in [3.63, 3.8) is 0 Å². The summed E-state index contributed by atoms with van der Waals surface area (Å²) in [5, 5.41) is 10.1. The highest BCUT2D eigenvalue weighted by Crippen LogP contribution is 2.52. The fourth-order valence-electron chi connectivity index (χ4n) is 5.20. The molecule has 142 valence electrons. The topological polar surface area (TPSA) is 66.6 Å². The number of aliphatic hydroxyl groups is 1. The van der Waals surface area contributed by atoms with Crippen molar-refractivity contribution < 1.29 is 9.90 Å². The number of fused-ring (bicyclic) bond motifs is 3. The van der Waals surface area contributed by atoms with Gasteiger partial charge in [-0.15, -0.1) is 0 Å². The third kappa shape index (κ3) is 3.46. The first-order valence-electron chi connectivity index (χ1n) is 9.78. The second-order valence-electron chi connectivity index (χ2n) is 9.37. The van der Waals surface area contributed by atoms with Crippen molar-refractivity contribution in [3.05, 3.63) is 28.7 Å². The Labute approximate surface area is 164 Å². The first-order chi connectivity index (χ1) is 12.2. The van der Waals surface area contributed by atoms with Crippen molar-refractivity contribution in [2.24, 2.45) is 17.1 Å². The van der Waals surface area contributed by atoms with Gasteiger partial charge in [0.15, 0.2) is 0 Å². The smallest absolute Gasteiger partial charge is 0.230 e. The van der Waals surface area contributed by atoms with E-state index < -0.39 is 5.60 Å². The second kappa shape index (κ2) is 6.32. The second-order valence-corrected chi connectivity index (χ2v) is 10.3. The van der Waals surface area contributed by atoms with Crippen LogP contribution in [0.1, 0.15) is 58.3 Å². The average Bonchev–Trinajstić information content (AvgIpc) is 2.58. The van der Waals surface area contributed by atoms with Gasteiger partial charge < -0.3 is 15.7 Å². The normalized spacial score (nSPS) is 38.7. The minimum atomic E-state index is -0.684. The molecule has 0 aromatic heterocycles. The van der Waals surface area contributed by atoms with Gasteiger partial charge in [-0.1, -0.05) is 22.0 Å². The van der Waals surface area contributed by atoms with Crippen LogP contribution < -0.4 is 10.6 Å². The third-order valence-corrected chi connectivity index (χ3v) is 7.55. The predicted molar refractivity (Wildman–Crippen MR) is 107 cm³/mol. The molecule has 4 aliphatic rings. The number of carbonyl (C=O) groups excluding carboxylic acids is 1. The molecule has 3 N–H and O–H groups in total. The first kappa shape index (κ1) is 18.5. The Morgan fingerprint density at radius 3 is 2.38 bits per heavy atom. The lowest BCUT2D eigenvalue weighted by molar-refractivity contribution is -0.136. The summed E-state index contributed by atoms with van der Waals surface area (Å²) in [7, 11) is 0. The Morgan fingerprint density at radius 2 is 1.85 bits per heavy atom. The number of nitrogens with two attached hydrogens (primary N) is 1. The maximum Gasteiger partial charge on any atom is 0.230 e. The summed E-state index contributed by atoms with van der Waals surface area (Å²) in [6.07, 6.45) is 7.70. The Kier molecular flexibility index (Phi) is 4.48. The summed E-state index contributed by atoms with van der Waals surface area (Å²) in [6.45, 7) is 2.60. The van der Waals surface area contributed by atoms with Crippen molar-refractivity contribution in [3.8, 4) is 0 Å². The van der Waals surface area contributed by atoms with Gasteiger partial charge in [-0.05, 0) is 81.9 Å². The van der Waals surface area contributed by atoms with Crippen molar-refractivity contribution in [2.75, 3.05) is 11.4 Å². The van der Waals surface area contributed by atoms with E-state index in [4.69, 9.17) is 5.73 Å². The van der Waals surface area contributed by atoms with Crippen molar-refractivity contribution in [1.82, 2.24) is 0 Å². The molecule has 4 aliphatic carbocycles. The van der Waals surface area contributed by atoms with Crippen LogP contribution in [-0.2, 0) is 4.79 Å². The fourth-order valence-corrected chi connectivity index (χ4v) is 5.59. The number of benzene rings is 1. The molecule has 1 aromatic rings. The van der Waals surface area contributed by atoms with Crippen molar-refractivity contribution in [2.45, 2.75) is 69.4 Å². The number of rotatable bonds is 4. The zero-order valence-electron chi connectivity index (χ0n) is 15.5. The Balaban J connectivity index is 1.58. The maximum absolute atomic E-state index is 13.3. The molecule has 4 saturated carbocycles. The summed E-state index contributed by atoms with van der Waals surface area (Å²) in [4.78, 5) is 15.3. The molecule has 0 saturated heterocycles. The Hall–Kier alpha value is -0.910. The van der Waals surface area contributed by atoms with Crippen LogP contribution in [0.15, 0.2) is 28.7 Å². The van der Waals surface area contributed by atoms with Gasteiger partial charge in [0.05, 0.1) is 5.60 Å². The number of anilines is 1. The number of hydrogen-bond acceptors (Lipinski definition) is 3. The van der Waals surface area contributed by atoms with Gasteiger partial charge in [0, 0.05) is 28.2 Å². The van der Waals surface area contributed by atoms with E-state index in [-0.39, 0.29) is 22.8 Å². The average molecular weight is 421 g/mol. The zero-order valence-corrected chi connectivity index (χ0v) is 17.1. The van der Waals surface area contributed by atoms with Crippen LogP contribution in [0.4, 0.5) is 5.69 Å². The molecule has 0 unspecified atom stereocenters. The molecule has 1 amide bonds. The van der Waals surface area contributed by atoms with E-state index in [0.29, 0.717) is 12.8 Å². The van der Waals surface area contributed by atoms with Crippen LogP contribution in [0.5, 0.6) is 0 Å². The molecule has 1 aromatic carbocycles. The van der Waals surface area contributed by atoms with Crippen LogP contribution in [0.2, 0.25) is 0 Å². The predicted octanol–water partition coefficient (Wildman–Crippen LogP) is 3.99.